The topological polar surface area (TPSA) is 68.1 Å². The number of pyridine rings is 1. The van der Waals surface area contributed by atoms with Crippen LogP contribution in [0.4, 0.5) is 11.5 Å². The van der Waals surface area contributed by atoms with Crippen molar-refractivity contribution in [1.82, 2.24) is 4.98 Å². The van der Waals surface area contributed by atoms with Crippen molar-refractivity contribution in [2.24, 2.45) is 5.41 Å². The van der Waals surface area contributed by atoms with E-state index in [4.69, 9.17) is 0 Å². The molecule has 1 N–H and O–H groups in total. The monoisotopic (exact) mass is 237 g/mol. The first-order valence-corrected chi connectivity index (χ1v) is 5.60. The van der Waals surface area contributed by atoms with Crippen LogP contribution in [0.5, 0.6) is 0 Å². The van der Waals surface area contributed by atoms with E-state index in [2.05, 4.69) is 38.0 Å². The molecule has 1 unspecified atom stereocenters. The molecule has 0 bridgehead atoms. The van der Waals surface area contributed by atoms with E-state index in [0.29, 0.717) is 11.5 Å². The van der Waals surface area contributed by atoms with Crippen LogP contribution in [0.1, 0.15) is 33.4 Å². The average molecular weight is 237 g/mol. The highest BCUT2D eigenvalue weighted by Gasteiger charge is 2.20. The van der Waals surface area contributed by atoms with Crippen molar-refractivity contribution in [1.29, 1.82) is 0 Å². The van der Waals surface area contributed by atoms with E-state index in [1.54, 1.807) is 13.0 Å². The van der Waals surface area contributed by atoms with Gasteiger partial charge in [0.2, 0.25) is 0 Å². The highest BCUT2D eigenvalue weighted by molar-refractivity contribution is 5.45. The molecule has 1 rings (SSSR count). The minimum atomic E-state index is -0.417. The van der Waals surface area contributed by atoms with Gasteiger partial charge in [0.25, 0.3) is 5.69 Å². The number of nitro groups is 1. The van der Waals surface area contributed by atoms with E-state index in [1.807, 2.05) is 0 Å². The van der Waals surface area contributed by atoms with Gasteiger partial charge in [0, 0.05) is 12.1 Å². The number of nitrogens with one attached hydrogen (secondary N) is 1. The van der Waals surface area contributed by atoms with Crippen LogP contribution in [0.25, 0.3) is 0 Å². The number of aromatic nitrogens is 1. The molecular weight excluding hydrogens is 218 g/mol. The summed E-state index contributed by atoms with van der Waals surface area (Å²) < 4.78 is 0. The first-order chi connectivity index (χ1) is 7.71. The van der Waals surface area contributed by atoms with Gasteiger partial charge in [0.05, 0.1) is 4.92 Å². The first kappa shape index (κ1) is 13.4. The Hall–Kier alpha value is -1.65. The third-order valence-electron chi connectivity index (χ3n) is 2.92. The number of anilines is 1. The van der Waals surface area contributed by atoms with Gasteiger partial charge >= 0.3 is 0 Å². The largest absolute Gasteiger partial charge is 0.367 e. The highest BCUT2D eigenvalue weighted by atomic mass is 16.6. The standard InChI is InChI=1S/C12H19N3O2/c1-8-10(15(16)17)6-7-11(13-8)14-9(2)12(3,4)5/h6-7,9H,1-5H3,(H,13,14). The smallest absolute Gasteiger partial charge is 0.290 e. The van der Waals surface area contributed by atoms with E-state index in [0.717, 1.165) is 0 Å². The molecule has 5 nitrogen and oxygen atoms in total. The molecule has 0 saturated carbocycles. The zero-order valence-electron chi connectivity index (χ0n) is 10.9. The van der Waals surface area contributed by atoms with Crippen molar-refractivity contribution in [3.05, 3.63) is 27.9 Å². The Morgan fingerprint density at radius 2 is 2.00 bits per heavy atom. The molecule has 1 atom stereocenters. The molecule has 0 fully saturated rings. The summed E-state index contributed by atoms with van der Waals surface area (Å²) >= 11 is 0. The van der Waals surface area contributed by atoms with E-state index >= 15 is 0 Å². The fraction of sp³-hybridized carbons (Fsp3) is 0.583. The molecule has 17 heavy (non-hydrogen) atoms. The van der Waals surface area contributed by atoms with Crippen LogP contribution >= 0.6 is 0 Å². The molecule has 1 aromatic heterocycles. The summed E-state index contributed by atoms with van der Waals surface area (Å²) in [6.07, 6.45) is 0. The number of rotatable bonds is 3. The van der Waals surface area contributed by atoms with Crippen LogP contribution in [0.2, 0.25) is 0 Å². The second-order valence-electron chi connectivity index (χ2n) is 5.29. The summed E-state index contributed by atoms with van der Waals surface area (Å²) in [4.78, 5) is 14.4. The van der Waals surface area contributed by atoms with Gasteiger partial charge in [-0.25, -0.2) is 4.98 Å². The Morgan fingerprint density at radius 3 is 2.41 bits per heavy atom. The molecule has 0 amide bonds. The van der Waals surface area contributed by atoms with Crippen LogP contribution in [0.3, 0.4) is 0 Å². The molecule has 0 saturated heterocycles. The van der Waals surface area contributed by atoms with Gasteiger partial charge in [-0.3, -0.25) is 10.1 Å². The van der Waals surface area contributed by atoms with Gasteiger partial charge in [-0.15, -0.1) is 0 Å². The lowest BCUT2D eigenvalue weighted by Gasteiger charge is -2.28. The molecule has 0 aliphatic heterocycles. The van der Waals surface area contributed by atoms with E-state index in [1.165, 1.54) is 6.07 Å². The minimum Gasteiger partial charge on any atom is -0.367 e. The Bertz CT molecular complexity index is 424. The van der Waals surface area contributed by atoms with Crippen LogP contribution in [-0.4, -0.2) is 15.9 Å². The fourth-order valence-electron chi connectivity index (χ4n) is 1.27. The van der Waals surface area contributed by atoms with Crippen LogP contribution in [0.15, 0.2) is 12.1 Å². The first-order valence-electron chi connectivity index (χ1n) is 5.60. The minimum absolute atomic E-state index is 0.0546. The SMILES string of the molecule is Cc1nc(NC(C)C(C)(C)C)ccc1[N+](=O)[O-]. The maximum atomic E-state index is 10.7. The van der Waals surface area contributed by atoms with Gasteiger partial charge < -0.3 is 5.32 Å². The molecule has 1 aromatic rings. The Balaban J connectivity index is 2.88. The predicted molar refractivity (Wildman–Crippen MR) is 68.2 cm³/mol. The summed E-state index contributed by atoms with van der Waals surface area (Å²) in [5.74, 6) is 0.676. The maximum absolute atomic E-state index is 10.7. The van der Waals surface area contributed by atoms with E-state index in [-0.39, 0.29) is 17.1 Å². The van der Waals surface area contributed by atoms with Crippen molar-refractivity contribution in [3.63, 3.8) is 0 Å². The van der Waals surface area contributed by atoms with Crippen molar-refractivity contribution >= 4 is 11.5 Å². The van der Waals surface area contributed by atoms with Crippen molar-refractivity contribution in [2.75, 3.05) is 5.32 Å². The molecule has 0 aliphatic rings. The van der Waals surface area contributed by atoms with Gasteiger partial charge in [-0.05, 0) is 25.3 Å². The quantitative estimate of drug-likeness (QED) is 0.647. The van der Waals surface area contributed by atoms with Crippen molar-refractivity contribution < 1.29 is 4.92 Å². The van der Waals surface area contributed by atoms with Crippen LogP contribution < -0.4 is 5.32 Å². The van der Waals surface area contributed by atoms with Gasteiger partial charge in [0.15, 0.2) is 0 Å². The lowest BCUT2D eigenvalue weighted by molar-refractivity contribution is -0.385. The van der Waals surface area contributed by atoms with E-state index < -0.39 is 4.92 Å². The Morgan fingerprint density at radius 1 is 1.41 bits per heavy atom. The van der Waals surface area contributed by atoms with Gasteiger partial charge in [0.1, 0.15) is 11.5 Å². The van der Waals surface area contributed by atoms with Gasteiger partial charge in [-0.2, -0.15) is 0 Å². The third-order valence-corrected chi connectivity index (χ3v) is 2.92. The molecule has 1 heterocycles. The molecular formula is C12H19N3O2. The lowest BCUT2D eigenvalue weighted by Crippen LogP contribution is -2.31. The maximum Gasteiger partial charge on any atom is 0.290 e. The highest BCUT2D eigenvalue weighted by Crippen LogP contribution is 2.23. The molecule has 0 aromatic carbocycles. The zero-order valence-corrected chi connectivity index (χ0v) is 10.9. The van der Waals surface area contributed by atoms with Crippen molar-refractivity contribution in [2.45, 2.75) is 40.7 Å². The lowest BCUT2D eigenvalue weighted by atomic mass is 9.88. The number of hydrogen-bond donors (Lipinski definition) is 1. The van der Waals surface area contributed by atoms with Gasteiger partial charge in [-0.1, -0.05) is 20.8 Å². The number of hydrogen-bond acceptors (Lipinski definition) is 4. The molecule has 5 heteroatoms. The molecule has 0 radical (unpaired) electrons. The molecule has 0 aliphatic carbocycles. The fourth-order valence-corrected chi connectivity index (χ4v) is 1.27. The van der Waals surface area contributed by atoms with Crippen LogP contribution in [0, 0.1) is 22.5 Å². The number of nitrogens with zero attached hydrogens (tertiary/aromatic N) is 2. The molecule has 94 valence electrons. The average Bonchev–Trinajstić information content (AvgIpc) is 2.15. The normalized spacial score (nSPS) is 13.2. The second-order valence-corrected chi connectivity index (χ2v) is 5.29. The van der Waals surface area contributed by atoms with Crippen LogP contribution in [-0.2, 0) is 0 Å². The summed E-state index contributed by atoms with van der Waals surface area (Å²) in [7, 11) is 0. The second kappa shape index (κ2) is 4.69. The molecule has 0 spiro atoms. The van der Waals surface area contributed by atoms with Crippen molar-refractivity contribution in [3.8, 4) is 0 Å². The summed E-state index contributed by atoms with van der Waals surface area (Å²) in [5, 5.41) is 13.9. The zero-order chi connectivity index (χ0) is 13.2. The number of aryl methyl sites for hydroxylation is 1. The summed E-state index contributed by atoms with van der Waals surface area (Å²) in [6, 6.07) is 3.36. The Labute approximate surface area is 101 Å². The predicted octanol–water partition coefficient (Wildman–Crippen LogP) is 3.14. The summed E-state index contributed by atoms with van der Waals surface area (Å²) in [6.45, 7) is 10.1. The third kappa shape index (κ3) is 3.41. The van der Waals surface area contributed by atoms with E-state index in [9.17, 15) is 10.1 Å². The Kier molecular flexibility index (Phi) is 3.70. The summed E-state index contributed by atoms with van der Waals surface area (Å²) in [5.41, 5.74) is 0.595.